The number of halogens is 1. The third-order valence-electron chi connectivity index (χ3n) is 3.55. The van der Waals surface area contributed by atoms with E-state index in [0.29, 0.717) is 10.6 Å². The molecule has 0 N–H and O–H groups in total. The minimum Gasteiger partial charge on any atom is -0.497 e. The second-order valence-corrected chi connectivity index (χ2v) is 5.18. The highest BCUT2D eigenvalue weighted by Crippen LogP contribution is 2.39. The molecule has 0 atom stereocenters. The fraction of sp³-hybridized carbons (Fsp3) is 0.263. The van der Waals surface area contributed by atoms with Gasteiger partial charge in [-0.05, 0) is 37.3 Å². The van der Waals surface area contributed by atoms with E-state index in [0.717, 1.165) is 33.8 Å². The molecule has 0 amide bonds. The Hall–Kier alpha value is -2.13. The first kappa shape index (κ1) is 17.2. The van der Waals surface area contributed by atoms with Crippen LogP contribution in [0.1, 0.15) is 19.4 Å². The van der Waals surface area contributed by atoms with Gasteiger partial charge in [0.05, 0.1) is 19.2 Å². The van der Waals surface area contributed by atoms with Gasteiger partial charge in [0.1, 0.15) is 17.3 Å². The number of fused-ring (bicyclic) bond motifs is 1. The minimum absolute atomic E-state index is 0.548. The molecule has 2 aromatic carbocycles. The smallest absolute Gasteiger partial charge is 0.153 e. The van der Waals surface area contributed by atoms with Crippen LogP contribution in [0, 0.1) is 6.92 Å². The summed E-state index contributed by atoms with van der Waals surface area (Å²) in [5.74, 6) is 2.34. The van der Waals surface area contributed by atoms with E-state index in [9.17, 15) is 0 Å². The average molecular weight is 333 g/mol. The third kappa shape index (κ3) is 3.30. The SMILES string of the molecule is CC.COc1ccc(-c2oc3c(Cl)cc(OC)cc3c2C)cc1. The number of hydrogen-bond acceptors (Lipinski definition) is 3. The van der Waals surface area contributed by atoms with Crippen LogP contribution >= 0.6 is 11.6 Å². The quantitative estimate of drug-likeness (QED) is 0.580. The van der Waals surface area contributed by atoms with Crippen molar-refractivity contribution in [3.05, 3.63) is 47.0 Å². The number of methoxy groups -OCH3 is 2. The highest BCUT2D eigenvalue weighted by molar-refractivity contribution is 6.35. The van der Waals surface area contributed by atoms with Crippen molar-refractivity contribution in [1.29, 1.82) is 0 Å². The predicted molar refractivity (Wildman–Crippen MR) is 95.8 cm³/mol. The lowest BCUT2D eigenvalue weighted by molar-refractivity contribution is 0.415. The molecule has 1 heterocycles. The maximum absolute atomic E-state index is 6.27. The molecule has 0 radical (unpaired) electrons. The highest BCUT2D eigenvalue weighted by Gasteiger charge is 2.16. The van der Waals surface area contributed by atoms with Gasteiger partial charge in [-0.2, -0.15) is 0 Å². The van der Waals surface area contributed by atoms with Gasteiger partial charge in [-0.15, -0.1) is 0 Å². The summed E-state index contributed by atoms with van der Waals surface area (Å²) in [6, 6.07) is 11.4. The van der Waals surface area contributed by atoms with E-state index < -0.39 is 0 Å². The van der Waals surface area contributed by atoms with Crippen LogP contribution in [0.5, 0.6) is 11.5 Å². The van der Waals surface area contributed by atoms with Gasteiger partial charge in [-0.1, -0.05) is 25.4 Å². The summed E-state index contributed by atoms with van der Waals surface area (Å²) in [7, 11) is 3.27. The Bertz CT molecular complexity index is 788. The maximum atomic E-state index is 6.27. The van der Waals surface area contributed by atoms with Crippen molar-refractivity contribution in [2.75, 3.05) is 14.2 Å². The normalized spacial score (nSPS) is 10.2. The Morgan fingerprint density at radius 2 is 1.52 bits per heavy atom. The molecule has 3 aromatic rings. The van der Waals surface area contributed by atoms with Crippen LogP contribution in [0.15, 0.2) is 40.8 Å². The summed E-state index contributed by atoms with van der Waals surface area (Å²) in [6.45, 7) is 6.02. The van der Waals surface area contributed by atoms with E-state index in [1.165, 1.54) is 0 Å². The fourth-order valence-corrected chi connectivity index (χ4v) is 2.64. The first-order valence-corrected chi connectivity index (χ1v) is 7.93. The monoisotopic (exact) mass is 332 g/mol. The molecular formula is C19H21ClO3. The van der Waals surface area contributed by atoms with E-state index in [1.54, 1.807) is 20.3 Å². The van der Waals surface area contributed by atoms with Crippen molar-refractivity contribution in [3.8, 4) is 22.8 Å². The van der Waals surface area contributed by atoms with Crippen molar-refractivity contribution in [3.63, 3.8) is 0 Å². The fourth-order valence-electron chi connectivity index (χ4n) is 2.39. The van der Waals surface area contributed by atoms with Crippen LogP contribution in [0.2, 0.25) is 5.02 Å². The number of ether oxygens (including phenoxy) is 2. The molecule has 0 bridgehead atoms. The van der Waals surface area contributed by atoms with Crippen LogP contribution in [-0.4, -0.2) is 14.2 Å². The summed E-state index contributed by atoms with van der Waals surface area (Å²) in [5, 5.41) is 1.51. The largest absolute Gasteiger partial charge is 0.497 e. The second kappa shape index (κ2) is 7.42. The van der Waals surface area contributed by atoms with Crippen LogP contribution in [0.3, 0.4) is 0 Å². The minimum atomic E-state index is 0.548. The number of rotatable bonds is 3. The standard InChI is InChI=1S/C17H15ClO3.C2H6/c1-10-14-8-13(20-3)9-15(18)17(14)21-16(10)11-4-6-12(19-2)7-5-11;1-2/h4-9H,1-3H3;1-2H3. The number of furan rings is 1. The summed E-state index contributed by atoms with van der Waals surface area (Å²) >= 11 is 6.27. The van der Waals surface area contributed by atoms with Gasteiger partial charge in [0, 0.05) is 22.6 Å². The van der Waals surface area contributed by atoms with Crippen molar-refractivity contribution in [2.24, 2.45) is 0 Å². The Morgan fingerprint density at radius 1 is 0.913 bits per heavy atom. The van der Waals surface area contributed by atoms with Gasteiger partial charge in [0.2, 0.25) is 0 Å². The summed E-state index contributed by atoms with van der Waals surface area (Å²) in [4.78, 5) is 0. The number of hydrogen-bond donors (Lipinski definition) is 0. The average Bonchev–Trinajstić information content (AvgIpc) is 2.94. The summed E-state index contributed by atoms with van der Waals surface area (Å²) < 4.78 is 16.4. The summed E-state index contributed by atoms with van der Waals surface area (Å²) in [5.41, 5.74) is 2.70. The van der Waals surface area contributed by atoms with Gasteiger partial charge in [0.15, 0.2) is 5.58 Å². The molecule has 23 heavy (non-hydrogen) atoms. The molecular weight excluding hydrogens is 312 g/mol. The van der Waals surface area contributed by atoms with E-state index in [-0.39, 0.29) is 0 Å². The van der Waals surface area contributed by atoms with Gasteiger partial charge in [-0.25, -0.2) is 0 Å². The van der Waals surface area contributed by atoms with Gasteiger partial charge >= 0.3 is 0 Å². The molecule has 3 nitrogen and oxygen atoms in total. The Labute approximate surface area is 141 Å². The Morgan fingerprint density at radius 3 is 2.09 bits per heavy atom. The molecule has 0 unspecified atom stereocenters. The molecule has 0 aliphatic rings. The van der Waals surface area contributed by atoms with E-state index in [2.05, 4.69) is 0 Å². The van der Waals surface area contributed by atoms with Crippen molar-refractivity contribution in [1.82, 2.24) is 0 Å². The number of benzene rings is 2. The lowest BCUT2D eigenvalue weighted by atomic mass is 10.1. The van der Waals surface area contributed by atoms with Gasteiger partial charge < -0.3 is 13.9 Å². The van der Waals surface area contributed by atoms with Crippen molar-refractivity contribution < 1.29 is 13.9 Å². The molecule has 1 aromatic heterocycles. The van der Waals surface area contributed by atoms with Crippen LogP contribution in [0.25, 0.3) is 22.3 Å². The van der Waals surface area contributed by atoms with Crippen molar-refractivity contribution >= 4 is 22.6 Å². The highest BCUT2D eigenvalue weighted by atomic mass is 35.5. The van der Waals surface area contributed by atoms with E-state index in [1.807, 2.05) is 51.1 Å². The lowest BCUT2D eigenvalue weighted by Crippen LogP contribution is -1.83. The molecule has 4 heteroatoms. The summed E-state index contributed by atoms with van der Waals surface area (Å²) in [6.07, 6.45) is 0. The molecule has 0 aliphatic carbocycles. The van der Waals surface area contributed by atoms with E-state index in [4.69, 9.17) is 25.5 Å². The molecule has 0 fully saturated rings. The third-order valence-corrected chi connectivity index (χ3v) is 3.83. The molecule has 0 saturated heterocycles. The number of aryl methyl sites for hydroxylation is 1. The Kier molecular flexibility index (Phi) is 5.56. The predicted octanol–water partition coefficient (Wildman–Crippen LogP) is 6.11. The molecule has 0 aliphatic heterocycles. The van der Waals surface area contributed by atoms with Gasteiger partial charge in [0.25, 0.3) is 0 Å². The van der Waals surface area contributed by atoms with Gasteiger partial charge in [-0.3, -0.25) is 0 Å². The molecule has 3 rings (SSSR count). The first-order chi connectivity index (χ1) is 11.1. The van der Waals surface area contributed by atoms with Crippen LogP contribution in [0.4, 0.5) is 0 Å². The first-order valence-electron chi connectivity index (χ1n) is 7.55. The van der Waals surface area contributed by atoms with E-state index >= 15 is 0 Å². The zero-order chi connectivity index (χ0) is 17.0. The zero-order valence-corrected chi connectivity index (χ0v) is 14.8. The Balaban J connectivity index is 0.000000924. The molecule has 0 saturated carbocycles. The topological polar surface area (TPSA) is 31.6 Å². The molecule has 122 valence electrons. The van der Waals surface area contributed by atoms with Crippen LogP contribution < -0.4 is 9.47 Å². The zero-order valence-electron chi connectivity index (χ0n) is 14.1. The second-order valence-electron chi connectivity index (χ2n) is 4.77. The van der Waals surface area contributed by atoms with Crippen molar-refractivity contribution in [2.45, 2.75) is 20.8 Å². The van der Waals surface area contributed by atoms with Crippen LogP contribution in [-0.2, 0) is 0 Å². The molecule has 0 spiro atoms. The maximum Gasteiger partial charge on any atom is 0.153 e. The lowest BCUT2D eigenvalue weighted by Gasteiger charge is -2.01.